The summed E-state index contributed by atoms with van der Waals surface area (Å²) in [7, 11) is 0. The monoisotopic (exact) mass is 146 g/mol. The zero-order valence-electron chi connectivity index (χ0n) is 6.37. The van der Waals surface area contributed by atoms with Crippen LogP contribution >= 0.6 is 0 Å². The second-order valence-corrected chi connectivity index (χ2v) is 2.33. The van der Waals surface area contributed by atoms with E-state index in [4.69, 9.17) is 5.21 Å². The summed E-state index contributed by atoms with van der Waals surface area (Å²) in [5.41, 5.74) is 0. The third kappa shape index (κ3) is 4.29. The van der Waals surface area contributed by atoms with E-state index in [-0.39, 0.29) is 6.04 Å². The average molecular weight is 146 g/mol. The Morgan fingerprint density at radius 2 is 2.30 bits per heavy atom. The number of hydrogen-bond acceptors (Lipinski definition) is 3. The zero-order valence-corrected chi connectivity index (χ0v) is 6.37. The van der Waals surface area contributed by atoms with Gasteiger partial charge in [0.2, 0.25) is 6.41 Å². The molecule has 0 heterocycles. The molecule has 4 heteroatoms. The lowest BCUT2D eigenvalue weighted by molar-refractivity contribution is -0.119. The van der Waals surface area contributed by atoms with E-state index in [0.29, 0.717) is 19.5 Å². The molecule has 0 rings (SSSR count). The molecule has 0 unspecified atom stereocenters. The number of nitrogens with zero attached hydrogens (tertiary/aromatic N) is 1. The number of hydrogen-bond donors (Lipinski definition) is 2. The first-order valence-corrected chi connectivity index (χ1v) is 3.31. The van der Waals surface area contributed by atoms with Crippen molar-refractivity contribution >= 4 is 6.41 Å². The number of rotatable bonds is 5. The van der Waals surface area contributed by atoms with E-state index in [1.54, 1.807) is 0 Å². The topological polar surface area (TPSA) is 52.6 Å². The molecule has 4 nitrogen and oxygen atoms in total. The molecular weight excluding hydrogens is 132 g/mol. The van der Waals surface area contributed by atoms with Gasteiger partial charge in [-0.3, -0.25) is 4.79 Å². The van der Waals surface area contributed by atoms with Gasteiger partial charge in [-0.1, -0.05) is 0 Å². The molecule has 0 bridgehead atoms. The van der Waals surface area contributed by atoms with Crippen LogP contribution in [0.2, 0.25) is 0 Å². The van der Waals surface area contributed by atoms with Crippen LogP contribution in [0.3, 0.4) is 0 Å². The maximum atomic E-state index is 9.74. The van der Waals surface area contributed by atoms with Gasteiger partial charge in [0, 0.05) is 19.1 Å². The van der Waals surface area contributed by atoms with Gasteiger partial charge >= 0.3 is 0 Å². The van der Waals surface area contributed by atoms with E-state index in [1.807, 2.05) is 13.8 Å². The van der Waals surface area contributed by atoms with Crippen molar-refractivity contribution in [2.45, 2.75) is 19.9 Å². The number of hydroxylamine groups is 2. The van der Waals surface area contributed by atoms with Gasteiger partial charge in [0.15, 0.2) is 0 Å². The lowest BCUT2D eigenvalue weighted by atomic mass is 10.4. The molecule has 0 spiro atoms. The van der Waals surface area contributed by atoms with E-state index < -0.39 is 0 Å². The summed E-state index contributed by atoms with van der Waals surface area (Å²) in [6.45, 7) is 4.70. The lowest BCUT2D eigenvalue weighted by Crippen LogP contribution is -2.33. The van der Waals surface area contributed by atoms with Gasteiger partial charge in [0.25, 0.3) is 0 Å². The second kappa shape index (κ2) is 5.20. The Hall–Kier alpha value is -0.610. The van der Waals surface area contributed by atoms with Crippen molar-refractivity contribution < 1.29 is 10.0 Å². The minimum absolute atomic E-state index is 0.105. The predicted molar refractivity (Wildman–Crippen MR) is 37.7 cm³/mol. The van der Waals surface area contributed by atoms with Crippen LogP contribution in [0.25, 0.3) is 0 Å². The van der Waals surface area contributed by atoms with Crippen molar-refractivity contribution in [2.24, 2.45) is 0 Å². The molecule has 0 radical (unpaired) electrons. The highest BCUT2D eigenvalue weighted by molar-refractivity contribution is 5.45. The van der Waals surface area contributed by atoms with E-state index in [9.17, 15) is 4.79 Å². The first kappa shape index (κ1) is 9.39. The van der Waals surface area contributed by atoms with Crippen molar-refractivity contribution in [3.8, 4) is 0 Å². The summed E-state index contributed by atoms with van der Waals surface area (Å²) in [6, 6.07) is 0.105. The minimum Gasteiger partial charge on any atom is -0.357 e. The van der Waals surface area contributed by atoms with Crippen LogP contribution in [-0.4, -0.2) is 35.8 Å². The fourth-order valence-electron chi connectivity index (χ4n) is 0.496. The van der Waals surface area contributed by atoms with Crippen LogP contribution in [0, 0.1) is 0 Å². The fourth-order valence-corrected chi connectivity index (χ4v) is 0.496. The maximum absolute atomic E-state index is 9.74. The Morgan fingerprint density at radius 3 is 2.70 bits per heavy atom. The first-order chi connectivity index (χ1) is 4.68. The SMILES string of the molecule is CC(C)N(O)CCNC=O. The summed E-state index contributed by atoms with van der Waals surface area (Å²) >= 11 is 0. The third-order valence-electron chi connectivity index (χ3n) is 1.16. The van der Waals surface area contributed by atoms with Crippen molar-refractivity contribution in [3.63, 3.8) is 0 Å². The first-order valence-electron chi connectivity index (χ1n) is 3.31. The number of nitrogens with one attached hydrogen (secondary N) is 1. The van der Waals surface area contributed by atoms with Crippen LogP contribution < -0.4 is 5.32 Å². The van der Waals surface area contributed by atoms with Crippen molar-refractivity contribution in [3.05, 3.63) is 0 Å². The normalized spacial score (nSPS) is 10.5. The smallest absolute Gasteiger partial charge is 0.207 e. The molecule has 1 amide bonds. The quantitative estimate of drug-likeness (QED) is 0.322. The van der Waals surface area contributed by atoms with Gasteiger partial charge in [0.1, 0.15) is 0 Å². The van der Waals surface area contributed by atoms with Gasteiger partial charge in [0.05, 0.1) is 0 Å². The third-order valence-corrected chi connectivity index (χ3v) is 1.16. The molecule has 10 heavy (non-hydrogen) atoms. The predicted octanol–water partition coefficient (Wildman–Crippen LogP) is -0.168. The highest BCUT2D eigenvalue weighted by atomic mass is 16.5. The molecule has 0 atom stereocenters. The Bertz CT molecular complexity index is 95.7. The van der Waals surface area contributed by atoms with Crippen molar-refractivity contribution in [2.75, 3.05) is 13.1 Å². The molecule has 0 saturated heterocycles. The van der Waals surface area contributed by atoms with Crippen LogP contribution in [0.1, 0.15) is 13.8 Å². The summed E-state index contributed by atoms with van der Waals surface area (Å²) in [5.74, 6) is 0. The molecule has 0 aromatic carbocycles. The van der Waals surface area contributed by atoms with Gasteiger partial charge < -0.3 is 10.5 Å². The van der Waals surface area contributed by atoms with E-state index >= 15 is 0 Å². The van der Waals surface area contributed by atoms with Gasteiger partial charge in [-0.2, -0.15) is 5.06 Å². The van der Waals surface area contributed by atoms with Crippen LogP contribution in [-0.2, 0) is 4.79 Å². The number of amides is 1. The maximum Gasteiger partial charge on any atom is 0.207 e. The largest absolute Gasteiger partial charge is 0.357 e. The van der Waals surface area contributed by atoms with Crippen molar-refractivity contribution in [1.82, 2.24) is 10.4 Å². The molecule has 0 fully saturated rings. The van der Waals surface area contributed by atoms with E-state index in [0.717, 1.165) is 0 Å². The Balaban J connectivity index is 3.21. The Kier molecular flexibility index (Phi) is 4.88. The van der Waals surface area contributed by atoms with Crippen LogP contribution in [0.5, 0.6) is 0 Å². The average Bonchev–Trinajstić information content (AvgIpc) is 1.88. The number of carbonyl (C=O) groups is 1. The summed E-state index contributed by atoms with van der Waals surface area (Å²) in [6.07, 6.45) is 0.619. The molecule has 2 N–H and O–H groups in total. The van der Waals surface area contributed by atoms with Crippen LogP contribution in [0.15, 0.2) is 0 Å². The summed E-state index contributed by atoms with van der Waals surface area (Å²) in [4.78, 5) is 9.74. The Labute approximate surface area is 60.8 Å². The van der Waals surface area contributed by atoms with Gasteiger partial charge in [-0.05, 0) is 13.8 Å². The van der Waals surface area contributed by atoms with E-state index in [2.05, 4.69) is 5.32 Å². The molecule has 0 saturated carbocycles. The van der Waals surface area contributed by atoms with Crippen molar-refractivity contribution in [1.29, 1.82) is 0 Å². The highest BCUT2D eigenvalue weighted by Crippen LogP contribution is 1.89. The molecule has 60 valence electrons. The minimum atomic E-state index is 0.105. The molecule has 0 aliphatic carbocycles. The summed E-state index contributed by atoms with van der Waals surface area (Å²) < 4.78 is 0. The molecule has 0 aromatic rings. The summed E-state index contributed by atoms with van der Waals surface area (Å²) in [5, 5.41) is 12.7. The van der Waals surface area contributed by atoms with Crippen LogP contribution in [0.4, 0.5) is 0 Å². The fraction of sp³-hybridized carbons (Fsp3) is 0.833. The number of carbonyl (C=O) groups excluding carboxylic acids is 1. The Morgan fingerprint density at radius 1 is 1.70 bits per heavy atom. The van der Waals surface area contributed by atoms with E-state index in [1.165, 1.54) is 5.06 Å². The molecule has 0 aliphatic rings. The highest BCUT2D eigenvalue weighted by Gasteiger charge is 2.02. The second-order valence-electron chi connectivity index (χ2n) is 2.33. The van der Waals surface area contributed by atoms with Gasteiger partial charge in [-0.15, -0.1) is 0 Å². The molecule has 0 aromatic heterocycles. The zero-order chi connectivity index (χ0) is 7.98. The molecule has 0 aliphatic heterocycles. The standard InChI is InChI=1S/C6H14N2O2/c1-6(2)8(10)4-3-7-5-9/h5-6,10H,3-4H2,1-2H3,(H,7,9). The lowest BCUT2D eigenvalue weighted by Gasteiger charge is -2.17. The molecular formula is C6H14N2O2. The van der Waals surface area contributed by atoms with Gasteiger partial charge in [-0.25, -0.2) is 0 Å².